The summed E-state index contributed by atoms with van der Waals surface area (Å²) in [5.74, 6) is 2.19. The van der Waals surface area contributed by atoms with Crippen LogP contribution in [0, 0.1) is 0 Å². The molecule has 1 fully saturated rings. The number of aliphatic imine (C=N–C) groups is 1. The summed E-state index contributed by atoms with van der Waals surface area (Å²) < 4.78 is 5.31. The molecule has 4 rings (SSSR count). The zero-order valence-corrected chi connectivity index (χ0v) is 19.0. The first-order chi connectivity index (χ1) is 15.2. The molecule has 1 saturated heterocycles. The van der Waals surface area contributed by atoms with Crippen molar-refractivity contribution in [2.45, 2.75) is 38.6 Å². The molecule has 0 bridgehead atoms. The molecule has 3 heterocycles. The molecular weight excluding hydrogens is 408 g/mol. The summed E-state index contributed by atoms with van der Waals surface area (Å²) in [4.78, 5) is 11.3. The number of hydrogen-bond acceptors (Lipinski definition) is 6. The van der Waals surface area contributed by atoms with E-state index >= 15 is 0 Å². The Balaban J connectivity index is 1.20. The smallest absolute Gasteiger partial charge is 0.257 e. The van der Waals surface area contributed by atoms with Gasteiger partial charge in [-0.2, -0.15) is 4.98 Å². The van der Waals surface area contributed by atoms with Crippen LogP contribution in [0.3, 0.4) is 0 Å². The largest absolute Gasteiger partial charge is 0.363 e. The van der Waals surface area contributed by atoms with Crippen LogP contribution in [-0.2, 0) is 12.8 Å². The minimum Gasteiger partial charge on any atom is -0.363 e. The molecule has 1 aromatic carbocycles. The molecule has 164 valence electrons. The number of aromatic nitrogens is 2. The summed E-state index contributed by atoms with van der Waals surface area (Å²) >= 11 is 1.82. The van der Waals surface area contributed by atoms with Crippen molar-refractivity contribution in [2.24, 2.45) is 4.99 Å². The van der Waals surface area contributed by atoms with Crippen LogP contribution in [0.1, 0.15) is 31.2 Å². The van der Waals surface area contributed by atoms with Gasteiger partial charge < -0.3 is 20.1 Å². The van der Waals surface area contributed by atoms with Gasteiger partial charge in [0.15, 0.2) is 11.8 Å². The van der Waals surface area contributed by atoms with Crippen LogP contribution in [0.4, 0.5) is 5.00 Å². The lowest BCUT2D eigenvalue weighted by Gasteiger charge is -2.33. The van der Waals surface area contributed by atoms with Crippen molar-refractivity contribution < 1.29 is 4.52 Å². The van der Waals surface area contributed by atoms with E-state index in [1.54, 1.807) is 0 Å². The molecule has 2 aromatic heterocycles. The number of thiophene rings is 1. The fourth-order valence-electron chi connectivity index (χ4n) is 3.74. The van der Waals surface area contributed by atoms with Gasteiger partial charge in [-0.05, 0) is 54.5 Å². The first-order valence-electron chi connectivity index (χ1n) is 10.9. The van der Waals surface area contributed by atoms with Gasteiger partial charge in [0.1, 0.15) is 0 Å². The molecule has 0 unspecified atom stereocenters. The number of nitrogens with one attached hydrogen (secondary N) is 2. The van der Waals surface area contributed by atoms with Crippen LogP contribution in [-0.4, -0.2) is 48.8 Å². The Morgan fingerprint density at radius 2 is 2.03 bits per heavy atom. The van der Waals surface area contributed by atoms with Crippen LogP contribution in [0.25, 0.3) is 11.5 Å². The van der Waals surface area contributed by atoms with E-state index in [4.69, 9.17) is 4.52 Å². The van der Waals surface area contributed by atoms with Crippen LogP contribution in [0.2, 0.25) is 0 Å². The molecule has 1 aliphatic heterocycles. The zero-order chi connectivity index (χ0) is 21.5. The quantitative estimate of drug-likeness (QED) is 0.432. The second-order valence-corrected chi connectivity index (χ2v) is 8.60. The van der Waals surface area contributed by atoms with Crippen LogP contribution in [0.15, 0.2) is 51.3 Å². The van der Waals surface area contributed by atoms with Gasteiger partial charge in [0.05, 0.1) is 5.00 Å². The van der Waals surface area contributed by atoms with Gasteiger partial charge in [-0.3, -0.25) is 4.99 Å². The first kappa shape index (κ1) is 21.4. The lowest BCUT2D eigenvalue weighted by atomic mass is 10.1. The highest BCUT2D eigenvalue weighted by Crippen LogP contribution is 2.24. The van der Waals surface area contributed by atoms with Crippen molar-refractivity contribution in [1.82, 2.24) is 20.8 Å². The lowest BCUT2D eigenvalue weighted by Crippen LogP contribution is -2.49. The summed E-state index contributed by atoms with van der Waals surface area (Å²) in [7, 11) is 1.83. The summed E-state index contributed by atoms with van der Waals surface area (Å²) in [5, 5.41) is 14.5. The van der Waals surface area contributed by atoms with E-state index in [0.29, 0.717) is 11.9 Å². The van der Waals surface area contributed by atoms with Crippen molar-refractivity contribution in [2.75, 3.05) is 31.6 Å². The summed E-state index contributed by atoms with van der Waals surface area (Å²) in [5.41, 5.74) is 2.21. The fourth-order valence-corrected chi connectivity index (χ4v) is 4.52. The van der Waals surface area contributed by atoms with Crippen LogP contribution in [0.5, 0.6) is 0 Å². The van der Waals surface area contributed by atoms with Crippen molar-refractivity contribution in [1.29, 1.82) is 0 Å². The third kappa shape index (κ3) is 5.64. The standard InChI is InChI=1S/C23H30N6OS/c1-3-20-27-22(30-28-20)18-8-6-17(7-9-18)10-13-25-23(24-2)26-19-11-14-29(15-12-19)21-5-4-16-31-21/h4-9,16,19H,3,10-15H2,1-2H3,(H2,24,25,26). The van der Waals surface area contributed by atoms with Gasteiger partial charge in [-0.25, -0.2) is 0 Å². The van der Waals surface area contributed by atoms with Gasteiger partial charge in [0, 0.05) is 44.7 Å². The van der Waals surface area contributed by atoms with E-state index in [1.807, 2.05) is 37.4 Å². The van der Waals surface area contributed by atoms with Crippen molar-refractivity contribution >= 4 is 22.3 Å². The monoisotopic (exact) mass is 438 g/mol. The number of piperidine rings is 1. The Morgan fingerprint density at radius 1 is 1.23 bits per heavy atom. The Hall–Kier alpha value is -2.87. The number of hydrogen-bond donors (Lipinski definition) is 2. The maximum Gasteiger partial charge on any atom is 0.257 e. The molecule has 0 radical (unpaired) electrons. The number of nitrogens with zero attached hydrogens (tertiary/aromatic N) is 4. The maximum atomic E-state index is 5.31. The Labute approximate surface area is 187 Å². The van der Waals surface area contributed by atoms with E-state index in [0.717, 1.165) is 62.7 Å². The average Bonchev–Trinajstić information content (AvgIpc) is 3.52. The molecule has 7 nitrogen and oxygen atoms in total. The average molecular weight is 439 g/mol. The number of guanidine groups is 1. The lowest BCUT2D eigenvalue weighted by molar-refractivity contribution is 0.423. The molecule has 1 aliphatic rings. The number of benzene rings is 1. The topological polar surface area (TPSA) is 78.6 Å². The van der Waals surface area contributed by atoms with Crippen molar-refractivity contribution in [3.05, 3.63) is 53.2 Å². The van der Waals surface area contributed by atoms with Gasteiger partial charge in [0.25, 0.3) is 5.89 Å². The third-order valence-corrected chi connectivity index (χ3v) is 6.50. The zero-order valence-electron chi connectivity index (χ0n) is 18.2. The molecule has 0 aliphatic carbocycles. The molecule has 0 amide bonds. The van der Waals surface area contributed by atoms with Crippen LogP contribution >= 0.6 is 11.3 Å². The normalized spacial score (nSPS) is 15.3. The molecular formula is C23H30N6OS. The van der Waals surface area contributed by atoms with Gasteiger partial charge in [-0.15, -0.1) is 11.3 Å². The Kier molecular flexibility index (Phi) is 7.19. The van der Waals surface area contributed by atoms with Gasteiger partial charge in [-0.1, -0.05) is 24.2 Å². The van der Waals surface area contributed by atoms with E-state index in [-0.39, 0.29) is 0 Å². The molecule has 3 aromatic rings. The highest BCUT2D eigenvalue weighted by molar-refractivity contribution is 7.14. The minimum atomic E-state index is 0.462. The minimum absolute atomic E-state index is 0.462. The second kappa shape index (κ2) is 10.4. The molecule has 0 spiro atoms. The molecule has 0 saturated carbocycles. The van der Waals surface area contributed by atoms with Gasteiger partial charge in [0.2, 0.25) is 0 Å². The summed E-state index contributed by atoms with van der Waals surface area (Å²) in [6.07, 6.45) is 3.93. The third-order valence-electron chi connectivity index (χ3n) is 5.57. The summed E-state index contributed by atoms with van der Waals surface area (Å²) in [6, 6.07) is 13.1. The number of rotatable bonds is 7. The van der Waals surface area contributed by atoms with E-state index in [1.165, 1.54) is 10.6 Å². The molecule has 8 heteroatoms. The predicted molar refractivity (Wildman–Crippen MR) is 127 cm³/mol. The van der Waals surface area contributed by atoms with Gasteiger partial charge >= 0.3 is 0 Å². The van der Waals surface area contributed by atoms with Crippen molar-refractivity contribution in [3.8, 4) is 11.5 Å². The Morgan fingerprint density at radius 3 is 2.68 bits per heavy atom. The van der Waals surface area contributed by atoms with E-state index in [2.05, 4.69) is 60.3 Å². The molecule has 31 heavy (non-hydrogen) atoms. The second-order valence-electron chi connectivity index (χ2n) is 7.67. The van der Waals surface area contributed by atoms with E-state index in [9.17, 15) is 0 Å². The maximum absolute atomic E-state index is 5.31. The Bertz CT molecular complexity index is 958. The fraction of sp³-hybridized carbons (Fsp3) is 0.435. The van der Waals surface area contributed by atoms with Crippen LogP contribution < -0.4 is 15.5 Å². The molecule has 0 atom stereocenters. The highest BCUT2D eigenvalue weighted by Gasteiger charge is 2.20. The summed E-state index contributed by atoms with van der Waals surface area (Å²) in [6.45, 7) is 5.01. The van der Waals surface area contributed by atoms with E-state index < -0.39 is 0 Å². The number of aryl methyl sites for hydroxylation is 1. The highest BCUT2D eigenvalue weighted by atomic mass is 32.1. The predicted octanol–water partition coefficient (Wildman–Crippen LogP) is 3.74. The first-order valence-corrected chi connectivity index (χ1v) is 11.8. The number of anilines is 1. The molecule has 2 N–H and O–H groups in total. The SMILES string of the molecule is CCc1noc(-c2ccc(CCNC(=NC)NC3CCN(c4cccs4)CC3)cc2)n1. The van der Waals surface area contributed by atoms with Crippen molar-refractivity contribution in [3.63, 3.8) is 0 Å².